The molecule has 1 heterocycles. The topological polar surface area (TPSA) is 63.5 Å². The molecule has 0 spiro atoms. The smallest absolute Gasteiger partial charge is 0.282 e. The van der Waals surface area contributed by atoms with Crippen molar-refractivity contribution in [2.24, 2.45) is 4.99 Å². The van der Waals surface area contributed by atoms with Crippen LogP contribution in [-0.4, -0.2) is 16.4 Å². The van der Waals surface area contributed by atoms with Crippen molar-refractivity contribution in [3.63, 3.8) is 0 Å². The standard InChI is InChI=1S/C27H24FN3O2S/c1-18-17-34-27(30-26(33)23-13-6-7-14-24(23)28)31(18)16-20-9-8-12-22(15-20)25(32)29-19(2)21-10-4-3-5-11-21/h3-15,17,19H,16H2,1-2H3,(H,29,32)/t19-/m0/s1. The number of carbonyl (C=O) groups excluding carboxylic acids is 2. The fraction of sp³-hybridized carbons (Fsp3) is 0.148. The second-order valence-corrected chi connectivity index (χ2v) is 8.79. The van der Waals surface area contributed by atoms with Gasteiger partial charge in [0.2, 0.25) is 0 Å². The number of nitrogens with one attached hydrogen (secondary N) is 1. The lowest BCUT2D eigenvalue weighted by Crippen LogP contribution is -2.26. The Balaban J connectivity index is 1.55. The summed E-state index contributed by atoms with van der Waals surface area (Å²) in [6.45, 7) is 4.29. The summed E-state index contributed by atoms with van der Waals surface area (Å²) in [5, 5.41) is 4.92. The fourth-order valence-corrected chi connectivity index (χ4v) is 4.45. The summed E-state index contributed by atoms with van der Waals surface area (Å²) in [7, 11) is 0. The molecule has 0 aliphatic rings. The first-order valence-electron chi connectivity index (χ1n) is 10.9. The Morgan fingerprint density at radius 3 is 2.53 bits per heavy atom. The van der Waals surface area contributed by atoms with Crippen LogP contribution in [0.3, 0.4) is 0 Å². The number of thiazole rings is 1. The Morgan fingerprint density at radius 1 is 1.03 bits per heavy atom. The van der Waals surface area contributed by atoms with E-state index in [0.717, 1.165) is 16.8 Å². The van der Waals surface area contributed by atoms with Gasteiger partial charge >= 0.3 is 0 Å². The molecule has 0 aliphatic heterocycles. The quantitative estimate of drug-likeness (QED) is 0.414. The number of aromatic nitrogens is 1. The number of hydrogen-bond donors (Lipinski definition) is 1. The minimum absolute atomic E-state index is 0.0636. The second kappa shape index (κ2) is 10.4. The number of nitrogens with zero attached hydrogens (tertiary/aromatic N) is 2. The predicted molar refractivity (Wildman–Crippen MR) is 131 cm³/mol. The van der Waals surface area contributed by atoms with E-state index in [9.17, 15) is 14.0 Å². The van der Waals surface area contributed by atoms with Crippen LogP contribution in [0.15, 0.2) is 89.2 Å². The molecule has 4 rings (SSSR count). The minimum atomic E-state index is -0.628. The molecule has 1 atom stereocenters. The van der Waals surface area contributed by atoms with Gasteiger partial charge in [-0.25, -0.2) is 4.39 Å². The van der Waals surface area contributed by atoms with E-state index in [1.165, 1.54) is 29.5 Å². The Hall–Kier alpha value is -3.84. The van der Waals surface area contributed by atoms with Crippen molar-refractivity contribution in [1.82, 2.24) is 9.88 Å². The number of halogens is 1. The maximum atomic E-state index is 14.0. The maximum Gasteiger partial charge on any atom is 0.282 e. The van der Waals surface area contributed by atoms with E-state index >= 15 is 0 Å². The molecule has 2 amide bonds. The zero-order chi connectivity index (χ0) is 24.1. The number of amides is 2. The van der Waals surface area contributed by atoms with Crippen molar-refractivity contribution >= 4 is 23.2 Å². The highest BCUT2D eigenvalue weighted by molar-refractivity contribution is 7.07. The molecule has 7 heteroatoms. The molecule has 0 aliphatic carbocycles. The third-order valence-electron chi connectivity index (χ3n) is 5.47. The van der Waals surface area contributed by atoms with Gasteiger partial charge < -0.3 is 9.88 Å². The summed E-state index contributed by atoms with van der Waals surface area (Å²) in [5.41, 5.74) is 3.32. The van der Waals surface area contributed by atoms with Crippen molar-refractivity contribution in [2.75, 3.05) is 0 Å². The molecule has 0 saturated carbocycles. The average molecular weight is 474 g/mol. The van der Waals surface area contributed by atoms with Crippen LogP contribution in [0, 0.1) is 12.7 Å². The highest BCUT2D eigenvalue weighted by Crippen LogP contribution is 2.14. The van der Waals surface area contributed by atoms with Gasteiger partial charge in [-0.1, -0.05) is 54.6 Å². The van der Waals surface area contributed by atoms with Gasteiger partial charge in [0.25, 0.3) is 11.8 Å². The van der Waals surface area contributed by atoms with Crippen LogP contribution in [0.2, 0.25) is 0 Å². The van der Waals surface area contributed by atoms with Crippen molar-refractivity contribution in [3.8, 4) is 0 Å². The lowest BCUT2D eigenvalue weighted by atomic mass is 10.1. The molecule has 34 heavy (non-hydrogen) atoms. The molecular weight excluding hydrogens is 449 g/mol. The first-order chi connectivity index (χ1) is 16.4. The van der Waals surface area contributed by atoms with E-state index in [-0.39, 0.29) is 17.5 Å². The first kappa shape index (κ1) is 23.3. The SMILES string of the molecule is Cc1csc(=NC(=O)c2ccccc2F)n1Cc1cccc(C(=O)N[C@@H](C)c2ccccc2)c1. The first-order valence-corrected chi connectivity index (χ1v) is 11.7. The molecule has 4 aromatic rings. The van der Waals surface area contributed by atoms with E-state index < -0.39 is 11.7 Å². The Bertz CT molecular complexity index is 1390. The highest BCUT2D eigenvalue weighted by Gasteiger charge is 2.14. The fourth-order valence-electron chi connectivity index (χ4n) is 3.58. The third-order valence-corrected chi connectivity index (χ3v) is 6.45. The normalized spacial score (nSPS) is 12.4. The number of benzene rings is 3. The van der Waals surface area contributed by atoms with E-state index in [2.05, 4.69) is 10.3 Å². The zero-order valence-corrected chi connectivity index (χ0v) is 19.7. The summed E-state index contributed by atoms with van der Waals surface area (Å²) in [4.78, 5) is 30.0. The number of aryl methyl sites for hydroxylation is 1. The molecule has 0 unspecified atom stereocenters. The number of carbonyl (C=O) groups is 2. The lowest BCUT2D eigenvalue weighted by molar-refractivity contribution is 0.0938. The Kier molecular flexibility index (Phi) is 7.13. The molecule has 0 saturated heterocycles. The third kappa shape index (κ3) is 5.38. The largest absolute Gasteiger partial charge is 0.346 e. The molecule has 0 bridgehead atoms. The molecule has 1 aromatic heterocycles. The Labute approximate surface area is 201 Å². The van der Waals surface area contributed by atoms with Crippen LogP contribution in [0.1, 0.15) is 50.5 Å². The number of rotatable bonds is 6. The lowest BCUT2D eigenvalue weighted by Gasteiger charge is -2.15. The van der Waals surface area contributed by atoms with Gasteiger partial charge in [-0.05, 0) is 49.2 Å². The van der Waals surface area contributed by atoms with Gasteiger partial charge in [-0.2, -0.15) is 4.99 Å². The summed E-state index contributed by atoms with van der Waals surface area (Å²) in [6, 6.07) is 22.8. The monoisotopic (exact) mass is 473 g/mol. The van der Waals surface area contributed by atoms with Gasteiger partial charge in [0, 0.05) is 16.6 Å². The molecular formula is C27H24FN3O2S. The van der Waals surface area contributed by atoms with E-state index in [4.69, 9.17) is 0 Å². The maximum absolute atomic E-state index is 14.0. The van der Waals surface area contributed by atoms with E-state index in [0.29, 0.717) is 16.9 Å². The summed E-state index contributed by atoms with van der Waals surface area (Å²) in [5.74, 6) is -1.39. The molecule has 5 nitrogen and oxygen atoms in total. The predicted octanol–water partition coefficient (Wildman–Crippen LogP) is 5.28. The van der Waals surface area contributed by atoms with Crippen molar-refractivity contribution < 1.29 is 14.0 Å². The van der Waals surface area contributed by atoms with Crippen molar-refractivity contribution in [2.45, 2.75) is 26.4 Å². The van der Waals surface area contributed by atoms with Gasteiger partial charge in [0.15, 0.2) is 4.80 Å². The highest BCUT2D eigenvalue weighted by atomic mass is 32.1. The molecule has 0 fully saturated rings. The van der Waals surface area contributed by atoms with Crippen LogP contribution in [0.25, 0.3) is 0 Å². The van der Waals surface area contributed by atoms with Gasteiger partial charge in [-0.3, -0.25) is 9.59 Å². The average Bonchev–Trinajstić information content (AvgIpc) is 3.18. The molecule has 0 radical (unpaired) electrons. The van der Waals surface area contributed by atoms with E-state index in [1.54, 1.807) is 12.1 Å². The molecule has 1 N–H and O–H groups in total. The van der Waals surface area contributed by atoms with Gasteiger partial charge in [-0.15, -0.1) is 11.3 Å². The van der Waals surface area contributed by atoms with Crippen molar-refractivity contribution in [1.29, 1.82) is 0 Å². The summed E-state index contributed by atoms with van der Waals surface area (Å²) < 4.78 is 15.9. The van der Waals surface area contributed by atoms with Crippen molar-refractivity contribution in [3.05, 3.63) is 123 Å². The van der Waals surface area contributed by atoms with Gasteiger partial charge in [0.05, 0.1) is 18.2 Å². The van der Waals surface area contributed by atoms with Crippen LogP contribution in [-0.2, 0) is 6.54 Å². The van der Waals surface area contributed by atoms with Gasteiger partial charge in [0.1, 0.15) is 5.82 Å². The summed E-state index contributed by atoms with van der Waals surface area (Å²) >= 11 is 1.31. The van der Waals surface area contributed by atoms with Crippen LogP contribution in [0.5, 0.6) is 0 Å². The Morgan fingerprint density at radius 2 is 1.76 bits per heavy atom. The summed E-state index contributed by atoms with van der Waals surface area (Å²) in [6.07, 6.45) is 0. The molecule has 3 aromatic carbocycles. The van der Waals surface area contributed by atoms with Crippen LogP contribution >= 0.6 is 11.3 Å². The minimum Gasteiger partial charge on any atom is -0.346 e. The van der Waals surface area contributed by atoms with E-state index in [1.807, 2.05) is 72.3 Å². The van der Waals surface area contributed by atoms with Crippen LogP contribution < -0.4 is 10.1 Å². The second-order valence-electron chi connectivity index (χ2n) is 7.95. The van der Waals surface area contributed by atoms with Crippen LogP contribution in [0.4, 0.5) is 4.39 Å². The zero-order valence-electron chi connectivity index (χ0n) is 18.9. The number of hydrogen-bond acceptors (Lipinski definition) is 3. The molecule has 172 valence electrons.